The van der Waals surface area contributed by atoms with Gasteiger partial charge in [0.25, 0.3) is 5.91 Å². The van der Waals surface area contributed by atoms with E-state index < -0.39 is 0 Å². The molecule has 1 amide bonds. The SMILES string of the molecule is CCNc1ccc(C(=O)NC(C)CSCC)nc1. The minimum Gasteiger partial charge on any atom is -0.384 e. The topological polar surface area (TPSA) is 54.0 Å². The third kappa shape index (κ3) is 4.96. The van der Waals surface area contributed by atoms with Gasteiger partial charge in [0.15, 0.2) is 0 Å². The molecule has 0 spiro atoms. The van der Waals surface area contributed by atoms with Crippen molar-refractivity contribution < 1.29 is 4.79 Å². The van der Waals surface area contributed by atoms with Gasteiger partial charge in [-0.1, -0.05) is 6.92 Å². The van der Waals surface area contributed by atoms with Crippen molar-refractivity contribution in [2.24, 2.45) is 0 Å². The zero-order valence-corrected chi connectivity index (χ0v) is 12.0. The van der Waals surface area contributed by atoms with Gasteiger partial charge in [0.1, 0.15) is 5.69 Å². The van der Waals surface area contributed by atoms with Gasteiger partial charge in [-0.25, -0.2) is 4.98 Å². The second-order valence-corrected chi connectivity index (χ2v) is 5.32. The number of anilines is 1. The Balaban J connectivity index is 2.50. The first-order chi connectivity index (χ1) is 8.67. The first-order valence-corrected chi connectivity index (χ1v) is 7.41. The molecule has 0 radical (unpaired) electrons. The number of pyridine rings is 1. The van der Waals surface area contributed by atoms with Crippen molar-refractivity contribution in [2.45, 2.75) is 26.8 Å². The molecule has 18 heavy (non-hydrogen) atoms. The van der Waals surface area contributed by atoms with E-state index in [0.717, 1.165) is 23.7 Å². The number of thioether (sulfide) groups is 1. The zero-order valence-electron chi connectivity index (χ0n) is 11.2. The summed E-state index contributed by atoms with van der Waals surface area (Å²) < 4.78 is 0. The second-order valence-electron chi connectivity index (χ2n) is 4.00. The third-order valence-electron chi connectivity index (χ3n) is 2.33. The molecule has 1 atom stereocenters. The fourth-order valence-electron chi connectivity index (χ4n) is 1.47. The van der Waals surface area contributed by atoms with E-state index in [1.165, 1.54) is 0 Å². The molecule has 1 aromatic rings. The zero-order chi connectivity index (χ0) is 13.4. The summed E-state index contributed by atoms with van der Waals surface area (Å²) in [5.74, 6) is 1.88. The van der Waals surface area contributed by atoms with E-state index in [4.69, 9.17) is 0 Å². The van der Waals surface area contributed by atoms with Gasteiger partial charge in [0.05, 0.1) is 11.9 Å². The van der Waals surface area contributed by atoms with Crippen molar-refractivity contribution in [1.29, 1.82) is 0 Å². The minimum atomic E-state index is -0.109. The van der Waals surface area contributed by atoms with Gasteiger partial charge < -0.3 is 10.6 Å². The lowest BCUT2D eigenvalue weighted by Gasteiger charge is -2.12. The average molecular weight is 267 g/mol. The number of nitrogens with one attached hydrogen (secondary N) is 2. The van der Waals surface area contributed by atoms with Gasteiger partial charge in [-0.05, 0) is 31.7 Å². The van der Waals surface area contributed by atoms with Crippen LogP contribution in [0.15, 0.2) is 18.3 Å². The molecule has 1 heterocycles. The van der Waals surface area contributed by atoms with Crippen LogP contribution < -0.4 is 10.6 Å². The molecule has 0 saturated carbocycles. The van der Waals surface area contributed by atoms with E-state index in [1.807, 2.05) is 31.7 Å². The molecular weight excluding hydrogens is 246 g/mol. The highest BCUT2D eigenvalue weighted by atomic mass is 32.2. The van der Waals surface area contributed by atoms with Crippen LogP contribution in [-0.2, 0) is 0 Å². The second kappa shape index (κ2) is 7.97. The predicted molar refractivity (Wildman–Crippen MR) is 78.3 cm³/mol. The van der Waals surface area contributed by atoms with E-state index >= 15 is 0 Å². The summed E-state index contributed by atoms with van der Waals surface area (Å²) in [5.41, 5.74) is 1.40. The molecule has 2 N–H and O–H groups in total. The molecule has 4 nitrogen and oxygen atoms in total. The Hall–Kier alpha value is -1.23. The van der Waals surface area contributed by atoms with E-state index in [-0.39, 0.29) is 11.9 Å². The van der Waals surface area contributed by atoms with Crippen molar-refractivity contribution >= 4 is 23.4 Å². The highest BCUT2D eigenvalue weighted by Gasteiger charge is 2.10. The number of rotatable bonds is 7. The lowest BCUT2D eigenvalue weighted by Crippen LogP contribution is -2.34. The first-order valence-electron chi connectivity index (χ1n) is 6.25. The van der Waals surface area contributed by atoms with Crippen molar-refractivity contribution in [3.63, 3.8) is 0 Å². The predicted octanol–water partition coefficient (Wildman–Crippen LogP) is 2.38. The molecule has 0 saturated heterocycles. The molecule has 0 aromatic carbocycles. The van der Waals surface area contributed by atoms with Gasteiger partial charge in [0, 0.05) is 18.3 Å². The number of nitrogens with zero attached hydrogens (tertiary/aromatic N) is 1. The summed E-state index contributed by atoms with van der Waals surface area (Å²) >= 11 is 1.82. The summed E-state index contributed by atoms with van der Waals surface area (Å²) in [4.78, 5) is 16.0. The van der Waals surface area contributed by atoms with Crippen molar-refractivity contribution in [1.82, 2.24) is 10.3 Å². The van der Waals surface area contributed by atoms with E-state index in [9.17, 15) is 4.79 Å². The molecule has 100 valence electrons. The van der Waals surface area contributed by atoms with Crippen LogP contribution in [0.1, 0.15) is 31.3 Å². The highest BCUT2D eigenvalue weighted by Crippen LogP contribution is 2.06. The Labute approximate surface area is 113 Å². The molecule has 1 rings (SSSR count). The molecule has 0 aliphatic rings. The summed E-state index contributed by atoms with van der Waals surface area (Å²) in [6.07, 6.45) is 1.68. The van der Waals surface area contributed by atoms with Crippen LogP contribution in [0, 0.1) is 0 Å². The van der Waals surface area contributed by atoms with Gasteiger partial charge in [-0.3, -0.25) is 4.79 Å². The van der Waals surface area contributed by atoms with E-state index in [1.54, 1.807) is 12.3 Å². The number of hydrogen-bond donors (Lipinski definition) is 2. The van der Waals surface area contributed by atoms with E-state index in [0.29, 0.717) is 5.69 Å². The number of carbonyl (C=O) groups is 1. The van der Waals surface area contributed by atoms with Gasteiger partial charge in [0.2, 0.25) is 0 Å². The first kappa shape index (κ1) is 14.8. The Morgan fingerprint density at radius 2 is 2.22 bits per heavy atom. The standard InChI is InChI=1S/C13H21N3OS/c1-4-14-11-6-7-12(15-8-11)13(17)16-10(3)9-18-5-2/h6-8,10,14H,4-5,9H2,1-3H3,(H,16,17). The Kier molecular flexibility index (Phi) is 6.57. The summed E-state index contributed by atoms with van der Waals surface area (Å²) in [5, 5.41) is 6.08. The average Bonchev–Trinajstić information content (AvgIpc) is 2.37. The molecular formula is C13H21N3OS. The van der Waals surface area contributed by atoms with Crippen LogP contribution in [0.4, 0.5) is 5.69 Å². The van der Waals surface area contributed by atoms with Gasteiger partial charge in [-0.2, -0.15) is 11.8 Å². The van der Waals surface area contributed by atoms with Crippen molar-refractivity contribution in [3.8, 4) is 0 Å². The van der Waals surface area contributed by atoms with Crippen LogP contribution in [0.3, 0.4) is 0 Å². The molecule has 0 bridgehead atoms. The van der Waals surface area contributed by atoms with Crippen molar-refractivity contribution in [3.05, 3.63) is 24.0 Å². The lowest BCUT2D eigenvalue weighted by molar-refractivity contribution is 0.0939. The summed E-state index contributed by atoms with van der Waals surface area (Å²) in [6, 6.07) is 3.78. The molecule has 5 heteroatoms. The van der Waals surface area contributed by atoms with Crippen LogP contribution in [0.25, 0.3) is 0 Å². The third-order valence-corrected chi connectivity index (χ3v) is 3.47. The number of aromatic nitrogens is 1. The molecule has 1 aromatic heterocycles. The number of amides is 1. The molecule has 0 aliphatic carbocycles. The Bertz CT molecular complexity index is 367. The normalized spacial score (nSPS) is 11.9. The van der Waals surface area contributed by atoms with Crippen LogP contribution in [0.2, 0.25) is 0 Å². The maximum absolute atomic E-state index is 11.9. The summed E-state index contributed by atoms with van der Waals surface area (Å²) in [6.45, 7) is 6.99. The van der Waals surface area contributed by atoms with Gasteiger partial charge >= 0.3 is 0 Å². The number of hydrogen-bond acceptors (Lipinski definition) is 4. The molecule has 0 aliphatic heterocycles. The number of carbonyl (C=O) groups excluding carboxylic acids is 1. The summed E-state index contributed by atoms with van der Waals surface area (Å²) in [7, 11) is 0. The maximum atomic E-state index is 11.9. The Morgan fingerprint density at radius 1 is 1.44 bits per heavy atom. The highest BCUT2D eigenvalue weighted by molar-refractivity contribution is 7.99. The Morgan fingerprint density at radius 3 is 2.78 bits per heavy atom. The van der Waals surface area contributed by atoms with Crippen LogP contribution in [-0.4, -0.2) is 35.0 Å². The smallest absolute Gasteiger partial charge is 0.270 e. The van der Waals surface area contributed by atoms with Gasteiger partial charge in [-0.15, -0.1) is 0 Å². The van der Waals surface area contributed by atoms with Crippen LogP contribution in [0.5, 0.6) is 0 Å². The maximum Gasteiger partial charge on any atom is 0.270 e. The minimum absolute atomic E-state index is 0.109. The molecule has 0 fully saturated rings. The molecule has 1 unspecified atom stereocenters. The largest absolute Gasteiger partial charge is 0.384 e. The lowest BCUT2D eigenvalue weighted by atomic mass is 10.3. The van der Waals surface area contributed by atoms with E-state index in [2.05, 4.69) is 22.5 Å². The van der Waals surface area contributed by atoms with Crippen molar-refractivity contribution in [2.75, 3.05) is 23.4 Å². The fourth-order valence-corrected chi connectivity index (χ4v) is 2.14. The van der Waals surface area contributed by atoms with Crippen LogP contribution >= 0.6 is 11.8 Å². The monoisotopic (exact) mass is 267 g/mol. The fraction of sp³-hybridized carbons (Fsp3) is 0.538. The quantitative estimate of drug-likeness (QED) is 0.796.